The van der Waals surface area contributed by atoms with Crippen LogP contribution in [0.25, 0.3) is 21.3 Å². The minimum absolute atomic E-state index is 0.000342. The quantitative estimate of drug-likeness (QED) is 0.451. The highest BCUT2D eigenvalue weighted by Crippen LogP contribution is 2.44. The number of aromatic nitrogens is 5. The first kappa shape index (κ1) is 23.4. The van der Waals surface area contributed by atoms with Crippen molar-refractivity contribution in [3.63, 3.8) is 0 Å². The summed E-state index contributed by atoms with van der Waals surface area (Å²) in [6.07, 6.45) is -3.31. The van der Waals surface area contributed by atoms with Gasteiger partial charge in [0.25, 0.3) is 11.8 Å². The summed E-state index contributed by atoms with van der Waals surface area (Å²) in [5, 5.41) is 11.2. The van der Waals surface area contributed by atoms with Gasteiger partial charge in [0.05, 0.1) is 23.1 Å². The molecule has 4 aromatic heterocycles. The lowest BCUT2D eigenvalue weighted by atomic mass is 10.0. The van der Waals surface area contributed by atoms with Crippen LogP contribution in [0.2, 0.25) is 0 Å². The van der Waals surface area contributed by atoms with E-state index in [-0.39, 0.29) is 31.9 Å². The number of hydrogen-bond acceptors (Lipinski definition) is 6. The lowest BCUT2D eigenvalue weighted by Gasteiger charge is -2.12. The van der Waals surface area contributed by atoms with Gasteiger partial charge in [-0.3, -0.25) is 19.0 Å². The van der Waals surface area contributed by atoms with Crippen LogP contribution < -0.4 is 11.1 Å². The minimum Gasteiger partial charge on any atom is -0.365 e. The van der Waals surface area contributed by atoms with Gasteiger partial charge >= 0.3 is 6.18 Å². The first-order valence-corrected chi connectivity index (χ1v) is 10.8. The Morgan fingerprint density at radius 2 is 1.76 bits per heavy atom. The van der Waals surface area contributed by atoms with Crippen LogP contribution in [-0.4, -0.2) is 36.4 Å². The van der Waals surface area contributed by atoms with Crippen molar-refractivity contribution in [2.45, 2.75) is 26.9 Å². The zero-order chi connectivity index (χ0) is 25.1. The number of nitrogens with zero attached hydrogens (tertiary/aromatic N) is 5. The minimum atomic E-state index is -4.73. The number of primary amides is 1. The Bertz CT molecular complexity index is 1480. The molecule has 0 aliphatic carbocycles. The summed E-state index contributed by atoms with van der Waals surface area (Å²) >= 11 is 0.686. The molecule has 0 spiro atoms. The number of nitrogens with one attached hydrogen (secondary N) is 1. The third kappa shape index (κ3) is 3.71. The number of fused-ring (bicyclic) bond motifs is 1. The van der Waals surface area contributed by atoms with E-state index in [1.165, 1.54) is 15.6 Å². The molecule has 0 atom stereocenters. The number of carbonyl (C=O) groups excluding carboxylic acids is 2. The number of anilines is 1. The number of thiophene rings is 1. The number of alkyl halides is 3. The molecule has 0 radical (unpaired) electrons. The first-order valence-electron chi connectivity index (χ1n) is 9.96. The van der Waals surface area contributed by atoms with Gasteiger partial charge < -0.3 is 11.1 Å². The second-order valence-electron chi connectivity index (χ2n) is 7.79. The molecule has 0 saturated heterocycles. The summed E-state index contributed by atoms with van der Waals surface area (Å²) in [4.78, 5) is 29.0. The Morgan fingerprint density at radius 3 is 2.26 bits per heavy atom. The van der Waals surface area contributed by atoms with Crippen LogP contribution in [0.1, 0.15) is 42.8 Å². The Kier molecular flexibility index (Phi) is 5.47. The number of rotatable bonds is 4. The summed E-state index contributed by atoms with van der Waals surface area (Å²) in [5.74, 6) is -1.47. The Hall–Kier alpha value is -3.74. The average molecular weight is 491 g/mol. The highest BCUT2D eigenvalue weighted by Gasteiger charge is 2.35. The van der Waals surface area contributed by atoms with Gasteiger partial charge in [0, 0.05) is 36.4 Å². The van der Waals surface area contributed by atoms with Crippen molar-refractivity contribution >= 4 is 39.1 Å². The Balaban J connectivity index is 2.03. The van der Waals surface area contributed by atoms with Crippen molar-refractivity contribution in [2.24, 2.45) is 19.8 Å². The van der Waals surface area contributed by atoms with Crippen molar-refractivity contribution < 1.29 is 22.8 Å². The second-order valence-corrected chi connectivity index (χ2v) is 8.79. The third-order valence-electron chi connectivity index (χ3n) is 5.68. The maximum absolute atomic E-state index is 13.7. The van der Waals surface area contributed by atoms with Crippen molar-refractivity contribution in [2.75, 3.05) is 5.32 Å². The maximum Gasteiger partial charge on any atom is 0.433 e. The molecule has 0 aliphatic heterocycles. The molecule has 0 saturated carbocycles. The molecule has 2 amide bonds. The lowest BCUT2D eigenvalue weighted by molar-refractivity contribution is -0.140. The summed E-state index contributed by atoms with van der Waals surface area (Å²) in [5.41, 5.74) is 6.85. The molecule has 9 nitrogen and oxygen atoms in total. The third-order valence-corrected chi connectivity index (χ3v) is 6.77. The maximum atomic E-state index is 13.7. The molecule has 0 aromatic carbocycles. The predicted octanol–water partition coefficient (Wildman–Crippen LogP) is 3.73. The summed E-state index contributed by atoms with van der Waals surface area (Å²) in [6, 6.07) is 0.889. The van der Waals surface area contributed by atoms with Gasteiger partial charge in [-0.25, -0.2) is 4.98 Å². The predicted molar refractivity (Wildman–Crippen MR) is 121 cm³/mol. The van der Waals surface area contributed by atoms with E-state index in [9.17, 15) is 22.8 Å². The number of hydrogen-bond donors (Lipinski definition) is 2. The van der Waals surface area contributed by atoms with E-state index in [0.29, 0.717) is 34.0 Å². The molecule has 0 fully saturated rings. The highest BCUT2D eigenvalue weighted by atomic mass is 32.1. The summed E-state index contributed by atoms with van der Waals surface area (Å²) in [6.45, 7) is 5.06. The van der Waals surface area contributed by atoms with E-state index in [0.717, 1.165) is 6.07 Å². The van der Waals surface area contributed by atoms with Crippen LogP contribution in [0.5, 0.6) is 0 Å². The molecule has 4 rings (SSSR count). The summed E-state index contributed by atoms with van der Waals surface area (Å²) < 4.78 is 44.0. The number of aryl methyl sites for hydroxylation is 3. The Morgan fingerprint density at radius 1 is 1.09 bits per heavy atom. The molecular weight excluding hydrogens is 471 g/mol. The monoisotopic (exact) mass is 491 g/mol. The van der Waals surface area contributed by atoms with Gasteiger partial charge in [0.1, 0.15) is 15.4 Å². The number of pyridine rings is 1. The first-order chi connectivity index (χ1) is 15.8. The molecule has 178 valence electrons. The van der Waals surface area contributed by atoms with Crippen LogP contribution in [0.3, 0.4) is 0 Å². The molecule has 0 aliphatic rings. The van der Waals surface area contributed by atoms with Gasteiger partial charge in [-0.05, 0) is 32.4 Å². The SMILES string of the molecule is Cc1nn(C)c(C)c1C(=O)Nc1c(C(N)=O)sc2nc(C(F)(F)F)cc(-c3cnn(C)c3C)c12. The van der Waals surface area contributed by atoms with Gasteiger partial charge in [0.15, 0.2) is 0 Å². The molecular formula is C21H20F3N7O2S. The number of carbonyl (C=O) groups is 2. The zero-order valence-electron chi connectivity index (χ0n) is 18.8. The van der Waals surface area contributed by atoms with Crippen molar-refractivity contribution in [1.29, 1.82) is 0 Å². The van der Waals surface area contributed by atoms with Crippen LogP contribution in [0.15, 0.2) is 12.3 Å². The number of nitrogens with two attached hydrogens (primary N) is 1. The van der Waals surface area contributed by atoms with E-state index in [2.05, 4.69) is 20.5 Å². The topological polar surface area (TPSA) is 121 Å². The van der Waals surface area contributed by atoms with Gasteiger partial charge in [-0.1, -0.05) is 0 Å². The largest absolute Gasteiger partial charge is 0.433 e. The number of amides is 2. The van der Waals surface area contributed by atoms with Crippen molar-refractivity contribution in [1.82, 2.24) is 24.5 Å². The lowest BCUT2D eigenvalue weighted by Crippen LogP contribution is -2.18. The summed E-state index contributed by atoms with van der Waals surface area (Å²) in [7, 11) is 3.33. The van der Waals surface area contributed by atoms with Crippen molar-refractivity contribution in [3.05, 3.63) is 45.5 Å². The van der Waals surface area contributed by atoms with E-state index in [1.54, 1.807) is 34.9 Å². The van der Waals surface area contributed by atoms with E-state index >= 15 is 0 Å². The molecule has 0 bridgehead atoms. The van der Waals surface area contributed by atoms with Gasteiger partial charge in [0.2, 0.25) is 0 Å². The normalized spacial score (nSPS) is 11.9. The fourth-order valence-corrected chi connectivity index (χ4v) is 4.80. The molecule has 0 unspecified atom stereocenters. The van der Waals surface area contributed by atoms with E-state index in [1.807, 2.05) is 0 Å². The zero-order valence-corrected chi connectivity index (χ0v) is 19.6. The number of halogens is 3. The highest BCUT2D eigenvalue weighted by molar-refractivity contribution is 7.21. The van der Waals surface area contributed by atoms with Crippen LogP contribution >= 0.6 is 11.3 Å². The molecule has 34 heavy (non-hydrogen) atoms. The van der Waals surface area contributed by atoms with Crippen LogP contribution in [0.4, 0.5) is 18.9 Å². The molecule has 4 aromatic rings. The van der Waals surface area contributed by atoms with E-state index < -0.39 is 23.7 Å². The molecule has 13 heteroatoms. The molecule has 4 heterocycles. The Labute approximate surface area is 195 Å². The molecule has 3 N–H and O–H groups in total. The van der Waals surface area contributed by atoms with E-state index in [4.69, 9.17) is 5.73 Å². The second kappa shape index (κ2) is 7.94. The smallest absolute Gasteiger partial charge is 0.365 e. The van der Waals surface area contributed by atoms with Gasteiger partial charge in [-0.15, -0.1) is 11.3 Å². The average Bonchev–Trinajstić information content (AvgIpc) is 3.35. The standard InChI is InChI=1S/C21H20F3N7O2S/c1-8-14(10(3)31(5)29-8)19(33)28-16-15-11(12-7-26-30(4)9(12)2)6-13(21(22,23)24)27-20(15)34-17(16)18(25)32/h6-7H,1-5H3,(H2,25,32)(H,28,33). The fraction of sp³-hybridized carbons (Fsp3) is 0.286. The van der Waals surface area contributed by atoms with Crippen molar-refractivity contribution in [3.8, 4) is 11.1 Å². The van der Waals surface area contributed by atoms with Crippen LogP contribution in [-0.2, 0) is 20.3 Å². The van der Waals surface area contributed by atoms with Gasteiger partial charge in [-0.2, -0.15) is 23.4 Å². The fourth-order valence-electron chi connectivity index (χ4n) is 3.79. The van der Waals surface area contributed by atoms with Crippen LogP contribution in [0, 0.1) is 20.8 Å².